The minimum Gasteiger partial charge on any atom is -0.356 e. The number of H-pyrrole nitrogens is 2. The van der Waals surface area contributed by atoms with E-state index in [4.69, 9.17) is 11.0 Å². The van der Waals surface area contributed by atoms with E-state index in [-0.39, 0.29) is 12.5 Å². The molecule has 9 nitrogen and oxygen atoms in total. The summed E-state index contributed by atoms with van der Waals surface area (Å²) in [5, 5.41) is 18.6. The van der Waals surface area contributed by atoms with Crippen LogP contribution in [-0.4, -0.2) is 37.6 Å². The van der Waals surface area contributed by atoms with Crippen molar-refractivity contribution in [3.8, 4) is 17.2 Å². The third-order valence-corrected chi connectivity index (χ3v) is 4.48. The zero-order valence-corrected chi connectivity index (χ0v) is 14.7. The molecule has 3 heterocycles. The molecule has 1 atom stereocenters. The van der Waals surface area contributed by atoms with E-state index in [1.807, 2.05) is 0 Å². The Bertz CT molecular complexity index is 1170. The smallest absolute Gasteiger partial charge is 0.234 e. The van der Waals surface area contributed by atoms with Gasteiger partial charge in [-0.25, -0.2) is 9.97 Å². The molecule has 0 radical (unpaired) electrons. The van der Waals surface area contributed by atoms with E-state index in [1.165, 1.54) is 6.33 Å². The van der Waals surface area contributed by atoms with E-state index in [2.05, 4.69) is 36.5 Å². The van der Waals surface area contributed by atoms with Crippen LogP contribution in [0.15, 0.2) is 49.2 Å². The maximum atomic E-state index is 12.9. The summed E-state index contributed by atoms with van der Waals surface area (Å²) in [5.41, 5.74) is 9.98. The molecule has 1 unspecified atom stereocenters. The van der Waals surface area contributed by atoms with Gasteiger partial charge in [-0.05, 0) is 17.7 Å². The van der Waals surface area contributed by atoms with E-state index in [0.29, 0.717) is 28.0 Å². The van der Waals surface area contributed by atoms with Crippen molar-refractivity contribution in [2.24, 2.45) is 5.73 Å². The number of fused-ring (bicyclic) bond motifs is 1. The van der Waals surface area contributed by atoms with Gasteiger partial charge < -0.3 is 16.0 Å². The van der Waals surface area contributed by atoms with Gasteiger partial charge in [-0.1, -0.05) is 12.1 Å². The summed E-state index contributed by atoms with van der Waals surface area (Å²) >= 11 is 0. The molecule has 4 aromatic rings. The molecule has 138 valence electrons. The Morgan fingerprint density at radius 3 is 2.96 bits per heavy atom. The normalized spacial score (nSPS) is 11.9. The first-order valence-electron chi connectivity index (χ1n) is 8.53. The van der Waals surface area contributed by atoms with Crippen LogP contribution >= 0.6 is 0 Å². The summed E-state index contributed by atoms with van der Waals surface area (Å²) in [6.07, 6.45) is 6.63. The number of anilines is 1. The largest absolute Gasteiger partial charge is 0.356 e. The number of rotatable bonds is 5. The second-order valence-corrected chi connectivity index (χ2v) is 6.15. The lowest BCUT2D eigenvalue weighted by Crippen LogP contribution is -2.28. The van der Waals surface area contributed by atoms with Gasteiger partial charge in [0.15, 0.2) is 5.82 Å². The molecule has 0 bridgehead atoms. The highest BCUT2D eigenvalue weighted by atomic mass is 16.2. The molecule has 4 rings (SSSR count). The van der Waals surface area contributed by atoms with E-state index in [9.17, 15) is 4.79 Å². The summed E-state index contributed by atoms with van der Waals surface area (Å²) in [6, 6.07) is 8.92. The molecular formula is C19H16N8O. The fourth-order valence-electron chi connectivity index (χ4n) is 3.08. The van der Waals surface area contributed by atoms with Gasteiger partial charge in [-0.3, -0.25) is 9.89 Å². The van der Waals surface area contributed by atoms with Gasteiger partial charge in [0, 0.05) is 30.1 Å². The predicted molar refractivity (Wildman–Crippen MR) is 103 cm³/mol. The Morgan fingerprint density at radius 2 is 2.21 bits per heavy atom. The first-order valence-corrected chi connectivity index (χ1v) is 8.53. The Morgan fingerprint density at radius 1 is 1.32 bits per heavy atom. The lowest BCUT2D eigenvalue weighted by Gasteiger charge is -2.15. The van der Waals surface area contributed by atoms with Crippen molar-refractivity contribution in [1.82, 2.24) is 25.1 Å². The number of nitrogens with two attached hydrogens (primary N) is 1. The summed E-state index contributed by atoms with van der Waals surface area (Å²) in [7, 11) is 0. The number of aromatic nitrogens is 5. The van der Waals surface area contributed by atoms with E-state index < -0.39 is 5.92 Å². The van der Waals surface area contributed by atoms with E-state index in [0.717, 1.165) is 11.1 Å². The van der Waals surface area contributed by atoms with Gasteiger partial charge in [0.05, 0.1) is 23.7 Å². The van der Waals surface area contributed by atoms with Crippen molar-refractivity contribution in [3.05, 3.63) is 60.3 Å². The van der Waals surface area contributed by atoms with Crippen molar-refractivity contribution in [2.75, 3.05) is 11.9 Å². The molecule has 0 saturated carbocycles. The topological polar surface area (TPSA) is 149 Å². The second kappa shape index (κ2) is 7.30. The number of amides is 1. The first kappa shape index (κ1) is 17.4. The van der Waals surface area contributed by atoms with Crippen molar-refractivity contribution in [2.45, 2.75) is 5.92 Å². The lowest BCUT2D eigenvalue weighted by molar-refractivity contribution is -0.117. The Balaban J connectivity index is 1.65. The Labute approximate surface area is 159 Å². The van der Waals surface area contributed by atoms with E-state index in [1.54, 1.807) is 42.9 Å². The average Bonchev–Trinajstić information content (AvgIpc) is 3.38. The Kier molecular flexibility index (Phi) is 4.53. The highest BCUT2D eigenvalue weighted by molar-refractivity contribution is 6.04. The number of nitriles is 1. The average molecular weight is 372 g/mol. The third kappa shape index (κ3) is 3.08. The van der Waals surface area contributed by atoms with Crippen LogP contribution in [0.1, 0.15) is 17.0 Å². The van der Waals surface area contributed by atoms with Crippen molar-refractivity contribution in [1.29, 1.82) is 5.26 Å². The number of aromatic amines is 2. The van der Waals surface area contributed by atoms with Crippen LogP contribution in [0.4, 0.5) is 5.82 Å². The zero-order chi connectivity index (χ0) is 19.5. The fourth-order valence-corrected chi connectivity index (χ4v) is 3.08. The molecule has 0 aliphatic heterocycles. The molecule has 0 aliphatic rings. The van der Waals surface area contributed by atoms with Crippen molar-refractivity contribution in [3.63, 3.8) is 0 Å². The quantitative estimate of drug-likeness (QED) is 0.420. The zero-order valence-electron chi connectivity index (χ0n) is 14.7. The van der Waals surface area contributed by atoms with E-state index >= 15 is 0 Å². The highest BCUT2D eigenvalue weighted by Crippen LogP contribution is 2.29. The van der Waals surface area contributed by atoms with Crippen molar-refractivity contribution < 1.29 is 4.79 Å². The minimum atomic E-state index is -0.610. The number of benzene rings is 1. The summed E-state index contributed by atoms with van der Waals surface area (Å²) in [5.74, 6) is -0.557. The minimum absolute atomic E-state index is 0.0972. The van der Waals surface area contributed by atoms with Crippen LogP contribution in [0.5, 0.6) is 0 Å². The molecule has 28 heavy (non-hydrogen) atoms. The van der Waals surface area contributed by atoms with Crippen LogP contribution in [0.3, 0.4) is 0 Å². The molecule has 0 aliphatic carbocycles. The molecule has 5 N–H and O–H groups in total. The maximum Gasteiger partial charge on any atom is 0.234 e. The molecule has 0 spiro atoms. The molecule has 9 heteroatoms. The molecule has 3 aromatic heterocycles. The van der Waals surface area contributed by atoms with Gasteiger partial charge in [0.1, 0.15) is 17.4 Å². The number of carbonyl (C=O) groups is 1. The molecule has 1 amide bonds. The second-order valence-electron chi connectivity index (χ2n) is 6.15. The van der Waals surface area contributed by atoms with Crippen LogP contribution in [0, 0.1) is 11.3 Å². The monoisotopic (exact) mass is 372 g/mol. The lowest BCUT2D eigenvalue weighted by atomic mass is 9.96. The Hall–Kier alpha value is -4.03. The van der Waals surface area contributed by atoms with Gasteiger partial charge in [-0.15, -0.1) is 0 Å². The van der Waals surface area contributed by atoms with Gasteiger partial charge in [0.2, 0.25) is 5.91 Å². The summed E-state index contributed by atoms with van der Waals surface area (Å²) in [6.45, 7) is 0.0972. The van der Waals surface area contributed by atoms with Gasteiger partial charge >= 0.3 is 0 Å². The predicted octanol–water partition coefficient (Wildman–Crippen LogP) is 1.90. The number of nitrogens with zero attached hydrogens (tertiary/aromatic N) is 4. The maximum absolute atomic E-state index is 12.9. The van der Waals surface area contributed by atoms with Crippen LogP contribution in [-0.2, 0) is 4.79 Å². The van der Waals surface area contributed by atoms with Gasteiger partial charge in [0.25, 0.3) is 0 Å². The van der Waals surface area contributed by atoms with Crippen molar-refractivity contribution >= 4 is 22.8 Å². The summed E-state index contributed by atoms with van der Waals surface area (Å²) < 4.78 is 0. The number of carbonyl (C=O) groups excluding carboxylic acids is 1. The third-order valence-electron chi connectivity index (χ3n) is 4.48. The first-order chi connectivity index (χ1) is 13.7. The SMILES string of the molecule is N#Cc1cccc(C(CN)C(=O)Nc2ncnc3c(-c4cn[nH]c4)c[nH]c23)c1. The number of hydrogen-bond donors (Lipinski definition) is 4. The van der Waals surface area contributed by atoms with Crippen LogP contribution < -0.4 is 11.1 Å². The fraction of sp³-hybridized carbons (Fsp3) is 0.105. The van der Waals surface area contributed by atoms with Crippen LogP contribution in [0.25, 0.3) is 22.2 Å². The number of hydrogen-bond acceptors (Lipinski definition) is 6. The molecular weight excluding hydrogens is 356 g/mol. The molecule has 0 saturated heterocycles. The number of nitrogens with one attached hydrogen (secondary N) is 3. The molecule has 0 fully saturated rings. The highest BCUT2D eigenvalue weighted by Gasteiger charge is 2.22. The van der Waals surface area contributed by atoms with Crippen LogP contribution in [0.2, 0.25) is 0 Å². The molecule has 1 aromatic carbocycles. The van der Waals surface area contributed by atoms with Gasteiger partial charge in [-0.2, -0.15) is 10.4 Å². The standard InChI is InChI=1S/C19H16N8O/c20-5-11-2-1-3-12(4-11)14(6-21)19(28)27-18-17-16(23-10-24-18)15(9-22-17)13-7-25-26-8-13/h1-4,7-10,14,22H,6,21H2,(H,25,26)(H,23,24,27,28). The summed E-state index contributed by atoms with van der Waals surface area (Å²) in [4.78, 5) is 24.5.